The second kappa shape index (κ2) is 11.5. The van der Waals surface area contributed by atoms with Gasteiger partial charge in [0.2, 0.25) is 5.91 Å². The molecule has 0 saturated heterocycles. The molecule has 1 amide bonds. The summed E-state index contributed by atoms with van der Waals surface area (Å²) in [6, 6.07) is 27.1. The molecule has 170 valence electrons. The molecule has 0 saturated carbocycles. The minimum absolute atomic E-state index is 0.138. The number of rotatable bonds is 11. The number of carbonyl (C=O) groups excluding carboxylic acids is 1. The van der Waals surface area contributed by atoms with E-state index in [4.69, 9.17) is 4.98 Å². The first-order valence-electron chi connectivity index (χ1n) is 12.0. The predicted molar refractivity (Wildman–Crippen MR) is 135 cm³/mol. The second-order valence-electron chi connectivity index (χ2n) is 8.68. The highest BCUT2D eigenvalue weighted by molar-refractivity contribution is 5.76. The molecule has 0 radical (unpaired) electrons. The molecule has 0 unspecified atom stereocenters. The normalized spacial score (nSPS) is 11.1. The fourth-order valence-corrected chi connectivity index (χ4v) is 4.25. The number of nitrogens with zero attached hydrogens (tertiary/aromatic N) is 2. The Morgan fingerprint density at radius 3 is 2.45 bits per heavy atom. The van der Waals surface area contributed by atoms with Gasteiger partial charge in [-0.05, 0) is 55.0 Å². The van der Waals surface area contributed by atoms with Gasteiger partial charge in [-0.2, -0.15) is 0 Å². The quantitative estimate of drug-likeness (QED) is 0.298. The third-order valence-electron chi connectivity index (χ3n) is 6.21. The molecule has 0 aliphatic heterocycles. The summed E-state index contributed by atoms with van der Waals surface area (Å²) < 4.78 is 2.36. The fraction of sp³-hybridized carbons (Fsp3) is 0.310. The fourth-order valence-electron chi connectivity index (χ4n) is 4.25. The first-order chi connectivity index (χ1) is 16.2. The van der Waals surface area contributed by atoms with E-state index in [1.807, 2.05) is 18.2 Å². The summed E-state index contributed by atoms with van der Waals surface area (Å²) in [6.07, 6.45) is 5.43. The average molecular weight is 440 g/mol. The van der Waals surface area contributed by atoms with Gasteiger partial charge in [0.05, 0.1) is 11.0 Å². The highest BCUT2D eigenvalue weighted by Crippen LogP contribution is 2.20. The highest BCUT2D eigenvalue weighted by atomic mass is 16.1. The van der Waals surface area contributed by atoms with Crippen molar-refractivity contribution in [1.29, 1.82) is 0 Å². The number of hydrogen-bond donors (Lipinski definition) is 1. The molecule has 3 aromatic carbocycles. The van der Waals surface area contributed by atoms with Gasteiger partial charge in [-0.25, -0.2) is 4.98 Å². The molecule has 0 aliphatic rings. The topological polar surface area (TPSA) is 46.9 Å². The molecule has 0 aliphatic carbocycles. The van der Waals surface area contributed by atoms with E-state index in [-0.39, 0.29) is 5.91 Å². The second-order valence-corrected chi connectivity index (χ2v) is 8.68. The van der Waals surface area contributed by atoms with Gasteiger partial charge in [0.15, 0.2) is 0 Å². The number of imidazole rings is 1. The Morgan fingerprint density at radius 2 is 1.61 bits per heavy atom. The molecule has 1 aromatic heterocycles. The van der Waals surface area contributed by atoms with E-state index in [2.05, 4.69) is 77.5 Å². The van der Waals surface area contributed by atoms with Gasteiger partial charge >= 0.3 is 0 Å². The van der Waals surface area contributed by atoms with Crippen LogP contribution in [0.1, 0.15) is 48.2 Å². The van der Waals surface area contributed by atoms with Crippen molar-refractivity contribution in [3.63, 3.8) is 0 Å². The van der Waals surface area contributed by atoms with E-state index in [0.29, 0.717) is 6.42 Å². The summed E-state index contributed by atoms with van der Waals surface area (Å²) in [5.41, 5.74) is 6.11. The summed E-state index contributed by atoms with van der Waals surface area (Å²) in [6.45, 7) is 3.76. The summed E-state index contributed by atoms with van der Waals surface area (Å²) in [5.74, 6) is 1.28. The van der Waals surface area contributed by atoms with Crippen LogP contribution >= 0.6 is 0 Å². The zero-order chi connectivity index (χ0) is 22.9. The summed E-state index contributed by atoms with van der Waals surface area (Å²) >= 11 is 0. The molecule has 4 rings (SSSR count). The maximum atomic E-state index is 12.1. The van der Waals surface area contributed by atoms with E-state index >= 15 is 0 Å². The van der Waals surface area contributed by atoms with Crippen molar-refractivity contribution in [2.24, 2.45) is 0 Å². The maximum absolute atomic E-state index is 12.1. The minimum atomic E-state index is 0.138. The van der Waals surface area contributed by atoms with Crippen LogP contribution in [0.5, 0.6) is 0 Å². The Hall–Kier alpha value is -3.40. The molecule has 33 heavy (non-hydrogen) atoms. The number of unbranched alkanes of at least 4 members (excludes halogenated alkanes) is 2. The van der Waals surface area contributed by atoms with Gasteiger partial charge in [0.25, 0.3) is 0 Å². The predicted octanol–water partition coefficient (Wildman–Crippen LogP) is 5.85. The smallest absolute Gasteiger partial charge is 0.220 e. The molecule has 0 bridgehead atoms. The van der Waals surface area contributed by atoms with Crippen molar-refractivity contribution in [2.75, 3.05) is 6.54 Å². The highest BCUT2D eigenvalue weighted by Gasteiger charge is 2.11. The van der Waals surface area contributed by atoms with E-state index in [0.717, 1.165) is 56.5 Å². The number of nitrogens with one attached hydrogen (secondary N) is 1. The number of aromatic nitrogens is 2. The summed E-state index contributed by atoms with van der Waals surface area (Å²) in [5, 5.41) is 3.06. The molecule has 0 fully saturated rings. The molecular formula is C29H33N3O. The van der Waals surface area contributed by atoms with Gasteiger partial charge in [0.1, 0.15) is 5.82 Å². The number of fused-ring (bicyclic) bond motifs is 1. The first-order valence-corrected chi connectivity index (χ1v) is 12.0. The number of amides is 1. The Kier molecular flexibility index (Phi) is 7.91. The van der Waals surface area contributed by atoms with Gasteiger partial charge in [-0.15, -0.1) is 0 Å². The molecule has 4 nitrogen and oxygen atoms in total. The van der Waals surface area contributed by atoms with E-state index in [1.165, 1.54) is 22.2 Å². The number of carbonyl (C=O) groups is 1. The van der Waals surface area contributed by atoms with Crippen LogP contribution in [-0.2, 0) is 24.2 Å². The lowest BCUT2D eigenvalue weighted by molar-refractivity contribution is -0.121. The third-order valence-corrected chi connectivity index (χ3v) is 6.21. The monoisotopic (exact) mass is 439 g/mol. The molecule has 1 N–H and O–H groups in total. The molecule has 1 heterocycles. The van der Waals surface area contributed by atoms with Gasteiger partial charge in [0, 0.05) is 25.9 Å². The van der Waals surface area contributed by atoms with Gasteiger partial charge in [-0.1, -0.05) is 73.2 Å². The minimum Gasteiger partial charge on any atom is -0.356 e. The van der Waals surface area contributed by atoms with Gasteiger partial charge < -0.3 is 9.88 Å². The number of para-hydroxylation sites is 2. The standard InChI is InChI=1S/C29H33N3O/c1-23-12-7-8-15-25(23)22-32-27-17-10-9-16-26(27)31-28(32)18-6-3-11-21-30-29(33)20-19-24-13-4-2-5-14-24/h2,4-5,7-10,12-17H,3,6,11,18-22H2,1H3,(H,30,33). The van der Waals surface area contributed by atoms with Crippen LogP contribution in [0.3, 0.4) is 0 Å². The molecule has 4 aromatic rings. The Morgan fingerprint density at radius 1 is 0.848 bits per heavy atom. The van der Waals surface area contributed by atoms with Crippen molar-refractivity contribution < 1.29 is 4.79 Å². The van der Waals surface area contributed by atoms with Crippen molar-refractivity contribution in [1.82, 2.24) is 14.9 Å². The molecule has 4 heteroatoms. The number of aryl methyl sites for hydroxylation is 3. The summed E-state index contributed by atoms with van der Waals surface area (Å²) in [4.78, 5) is 17.0. The Labute approximate surface area is 196 Å². The van der Waals surface area contributed by atoms with Crippen LogP contribution in [0.4, 0.5) is 0 Å². The Bertz CT molecular complexity index is 1180. The van der Waals surface area contributed by atoms with Crippen LogP contribution in [0.15, 0.2) is 78.9 Å². The van der Waals surface area contributed by atoms with Crippen LogP contribution in [0, 0.1) is 6.92 Å². The van der Waals surface area contributed by atoms with Crippen molar-refractivity contribution in [3.05, 3.63) is 101 Å². The lowest BCUT2D eigenvalue weighted by atomic mass is 10.1. The van der Waals surface area contributed by atoms with Crippen LogP contribution in [-0.4, -0.2) is 22.0 Å². The van der Waals surface area contributed by atoms with Crippen LogP contribution in [0.25, 0.3) is 11.0 Å². The van der Waals surface area contributed by atoms with E-state index < -0.39 is 0 Å². The third kappa shape index (κ3) is 6.32. The number of benzene rings is 3. The lowest BCUT2D eigenvalue weighted by Crippen LogP contribution is -2.24. The zero-order valence-corrected chi connectivity index (χ0v) is 19.5. The summed E-state index contributed by atoms with van der Waals surface area (Å²) in [7, 11) is 0. The first kappa shape index (κ1) is 22.8. The van der Waals surface area contributed by atoms with Crippen LogP contribution in [0.2, 0.25) is 0 Å². The van der Waals surface area contributed by atoms with Gasteiger partial charge in [-0.3, -0.25) is 4.79 Å². The average Bonchev–Trinajstić information content (AvgIpc) is 3.19. The van der Waals surface area contributed by atoms with E-state index in [1.54, 1.807) is 0 Å². The maximum Gasteiger partial charge on any atom is 0.220 e. The Balaban J connectivity index is 1.25. The zero-order valence-electron chi connectivity index (χ0n) is 19.5. The van der Waals surface area contributed by atoms with Crippen molar-refractivity contribution in [3.8, 4) is 0 Å². The molecular weight excluding hydrogens is 406 g/mol. The van der Waals surface area contributed by atoms with E-state index in [9.17, 15) is 4.79 Å². The lowest BCUT2D eigenvalue weighted by Gasteiger charge is -2.12. The SMILES string of the molecule is Cc1ccccc1Cn1c(CCCCCNC(=O)CCc2ccccc2)nc2ccccc21. The largest absolute Gasteiger partial charge is 0.356 e. The number of hydrogen-bond acceptors (Lipinski definition) is 2. The van der Waals surface area contributed by atoms with Crippen molar-refractivity contribution >= 4 is 16.9 Å². The molecule has 0 spiro atoms. The van der Waals surface area contributed by atoms with Crippen LogP contribution < -0.4 is 5.32 Å². The van der Waals surface area contributed by atoms with Crippen molar-refractivity contribution in [2.45, 2.75) is 52.0 Å². The molecule has 0 atom stereocenters.